The number of amides is 4. The molecule has 0 saturated carbocycles. The van der Waals surface area contributed by atoms with E-state index in [1.54, 1.807) is 23.6 Å². The lowest BCUT2D eigenvalue weighted by Crippen LogP contribution is -2.63. The zero-order chi connectivity index (χ0) is 59.2. The molecule has 436 valence electrons. The molecule has 6 atom stereocenters. The highest BCUT2D eigenvalue weighted by Crippen LogP contribution is 2.42. The fourth-order valence-electron chi connectivity index (χ4n) is 9.54. The number of rotatable bonds is 19. The Balaban J connectivity index is 1.33. The molecule has 17 nitrogen and oxygen atoms in total. The normalized spacial score (nSPS) is 17.6. The summed E-state index contributed by atoms with van der Waals surface area (Å²) in [6.07, 6.45) is -10.5. The number of alkyl halides is 8. The van der Waals surface area contributed by atoms with Gasteiger partial charge in [-0.15, -0.1) is 0 Å². The van der Waals surface area contributed by atoms with Crippen LogP contribution in [0.4, 0.5) is 59.3 Å². The lowest BCUT2D eigenvalue weighted by atomic mass is 9.82. The first-order valence-corrected chi connectivity index (χ1v) is 25.1. The van der Waals surface area contributed by atoms with Crippen molar-refractivity contribution < 1.29 is 77.7 Å². The van der Waals surface area contributed by atoms with Crippen molar-refractivity contribution >= 4 is 29.8 Å². The van der Waals surface area contributed by atoms with E-state index in [9.17, 15) is 59.4 Å². The number of halogens is 10. The number of anilines is 1. The van der Waals surface area contributed by atoms with Gasteiger partial charge in [-0.25, -0.2) is 33.0 Å². The van der Waals surface area contributed by atoms with Crippen molar-refractivity contribution in [2.45, 2.75) is 129 Å². The molecule has 80 heavy (non-hydrogen) atoms. The molecule has 4 aromatic rings. The number of nitrogens with one attached hydrogen (secondary N) is 4. The fourth-order valence-corrected chi connectivity index (χ4v) is 9.54. The lowest BCUT2D eigenvalue weighted by Gasteiger charge is -2.43. The second-order valence-electron chi connectivity index (χ2n) is 20.9. The van der Waals surface area contributed by atoms with Crippen LogP contribution in [-0.2, 0) is 32.0 Å². The number of carbonyl (C=O) groups is 4. The number of aromatic nitrogens is 3. The first-order chi connectivity index (χ1) is 37.3. The van der Waals surface area contributed by atoms with Gasteiger partial charge in [-0.3, -0.25) is 19.9 Å². The van der Waals surface area contributed by atoms with Crippen molar-refractivity contribution in [3.63, 3.8) is 0 Å². The highest BCUT2D eigenvalue weighted by Gasteiger charge is 2.57. The van der Waals surface area contributed by atoms with Crippen molar-refractivity contribution in [2.24, 2.45) is 10.8 Å². The minimum Gasteiger partial charge on any atom is -0.453 e. The maximum absolute atomic E-state index is 16.0. The number of piperazine rings is 1. The van der Waals surface area contributed by atoms with Crippen LogP contribution in [0.15, 0.2) is 67.1 Å². The largest absolute Gasteiger partial charge is 0.453 e. The van der Waals surface area contributed by atoms with Gasteiger partial charge < -0.3 is 35.4 Å². The molecule has 2 aromatic carbocycles. The van der Waals surface area contributed by atoms with E-state index in [1.807, 2.05) is 22.9 Å². The van der Waals surface area contributed by atoms with Gasteiger partial charge in [-0.2, -0.15) is 40.2 Å². The summed E-state index contributed by atoms with van der Waals surface area (Å²) in [7, 11) is 1.61. The van der Waals surface area contributed by atoms with Gasteiger partial charge in [0.15, 0.2) is 0 Å². The van der Waals surface area contributed by atoms with Gasteiger partial charge in [0.25, 0.3) is 5.91 Å². The fraction of sp³-hybridized carbons (Fsp3) is 0.509. The summed E-state index contributed by atoms with van der Waals surface area (Å²) in [5, 5.41) is 21.9. The molecular weight excluding hydrogens is 1080 g/mol. The number of carbonyl (C=O) groups excluding carboxylic acids is 4. The van der Waals surface area contributed by atoms with Crippen molar-refractivity contribution in [1.29, 1.82) is 0 Å². The summed E-state index contributed by atoms with van der Waals surface area (Å²) in [6, 6.07) is 5.71. The number of hydrazine groups is 1. The van der Waals surface area contributed by atoms with E-state index in [-0.39, 0.29) is 21.4 Å². The number of aliphatic hydroxyl groups excluding tert-OH is 1. The van der Waals surface area contributed by atoms with Crippen LogP contribution >= 0.6 is 0 Å². The summed E-state index contributed by atoms with van der Waals surface area (Å²) in [4.78, 5) is 62.3. The van der Waals surface area contributed by atoms with Gasteiger partial charge in [-0.1, -0.05) is 24.0 Å². The Labute approximate surface area is 454 Å². The average molecular weight is 1140 g/mol. The van der Waals surface area contributed by atoms with Crippen molar-refractivity contribution in [3.05, 3.63) is 101 Å². The van der Waals surface area contributed by atoms with Gasteiger partial charge in [0, 0.05) is 79.0 Å². The van der Waals surface area contributed by atoms with E-state index >= 15 is 8.78 Å². The summed E-state index contributed by atoms with van der Waals surface area (Å²) in [5.74, 6) is 0.824. The van der Waals surface area contributed by atoms with Gasteiger partial charge in [0.1, 0.15) is 29.5 Å². The van der Waals surface area contributed by atoms with Gasteiger partial charge in [0.2, 0.25) is 5.91 Å². The van der Waals surface area contributed by atoms with Crippen LogP contribution in [0, 0.1) is 34.3 Å². The number of ether oxygens (including phenoxy) is 2. The molecule has 2 saturated heterocycles. The minimum absolute atomic E-state index is 0.172. The zero-order valence-electron chi connectivity index (χ0n) is 44.8. The predicted molar refractivity (Wildman–Crippen MR) is 270 cm³/mol. The van der Waals surface area contributed by atoms with Crippen LogP contribution in [-0.4, -0.2) is 142 Å². The second-order valence-corrected chi connectivity index (χ2v) is 20.9. The number of nitrogens with zero attached hydrogens (tertiary/aromatic N) is 6. The first kappa shape index (κ1) is 62.0. The standard InChI is InChI=1S/C53H62F10N10O7/c1-29(2)73-35-16-17-36(73)26-70(25-35)42-18-15-32(22-64-42)14-11-30-9-12-31(13-10-30)19-40(66-45(75)43(67-48(77)79-7)50(3,4)52(58,59)60)41(74)28-71(69-46(76)44(68-49(78)80-8)51(5,6)53(61,62)63)27-37-38(54)20-33(21-39(37)55)34-23-65-72(24-34)47(56)57/h9-10,12-13,15,18,20-24,29,35-36,40-41,43-44,47,74H,16-17,19,25-28H2,1-8H3,(H,66,75)(H,67,77)(H,68,78)(H,69,76)/t35?,36?,40-,41-,43?,44+/m0/s1. The van der Waals surface area contributed by atoms with Crippen LogP contribution < -0.4 is 26.3 Å². The van der Waals surface area contributed by atoms with Gasteiger partial charge >= 0.3 is 31.1 Å². The van der Waals surface area contributed by atoms with Gasteiger partial charge in [-0.05, 0) is 108 Å². The Morgan fingerprint density at radius 2 is 1.29 bits per heavy atom. The molecule has 2 aromatic heterocycles. The van der Waals surface area contributed by atoms with E-state index in [2.05, 4.69) is 60.4 Å². The van der Waals surface area contributed by atoms with Crippen molar-refractivity contribution in [2.75, 3.05) is 38.8 Å². The maximum atomic E-state index is 16.0. The van der Waals surface area contributed by atoms with Crippen LogP contribution in [0.3, 0.4) is 0 Å². The SMILES string of the molecule is COC(=O)NC(C(=O)N[C@@H](Cc1ccc(C#Cc2ccc(N3CC4CCC(C3)N4C(C)C)nc2)cc1)[C@@H](O)CN(Cc1c(F)cc(-c2cnn(C(F)F)c2)cc1F)NC(=O)[C@@H](NC(=O)OC)C(C)(C)C(F)(F)F)C(C)(C)C(F)(F)F. The monoisotopic (exact) mass is 1140 g/mol. The van der Waals surface area contributed by atoms with Crippen LogP contribution in [0.25, 0.3) is 11.1 Å². The summed E-state index contributed by atoms with van der Waals surface area (Å²) >= 11 is 0. The molecule has 5 N–H and O–H groups in total. The Hall–Kier alpha value is -7.18. The number of fused-ring (bicyclic) bond motifs is 2. The molecule has 2 fully saturated rings. The van der Waals surface area contributed by atoms with Crippen LogP contribution in [0.5, 0.6) is 0 Å². The number of alkyl carbamates (subject to hydrolysis) is 2. The Bertz CT molecular complexity index is 2850. The molecule has 4 heterocycles. The molecule has 2 bridgehead atoms. The molecule has 3 unspecified atom stereocenters. The Morgan fingerprint density at radius 1 is 0.762 bits per heavy atom. The minimum atomic E-state index is -5.23. The molecule has 0 aliphatic carbocycles. The number of hydrogen-bond acceptors (Lipinski definition) is 12. The Kier molecular flexibility index (Phi) is 19.5. The van der Waals surface area contributed by atoms with E-state index in [4.69, 9.17) is 0 Å². The second kappa shape index (κ2) is 25.1. The third kappa shape index (κ3) is 14.6. The molecule has 6 rings (SSSR count). The number of aliphatic hydroxyl groups is 1. The van der Waals surface area contributed by atoms with E-state index in [1.165, 1.54) is 12.1 Å². The highest BCUT2D eigenvalue weighted by molar-refractivity contribution is 5.87. The quantitative estimate of drug-likeness (QED) is 0.0351. The molecule has 0 spiro atoms. The van der Waals surface area contributed by atoms with E-state index in [0.717, 1.165) is 58.4 Å². The third-order valence-electron chi connectivity index (χ3n) is 14.4. The number of pyridine rings is 1. The van der Waals surface area contributed by atoms with Crippen molar-refractivity contribution in [3.8, 4) is 23.0 Å². The summed E-state index contributed by atoms with van der Waals surface area (Å²) in [5.41, 5.74) is -4.20. The molecule has 0 radical (unpaired) electrons. The van der Waals surface area contributed by atoms with Gasteiger partial charge in [0.05, 0.1) is 43.4 Å². The van der Waals surface area contributed by atoms with E-state index < -0.39 is 115 Å². The first-order valence-electron chi connectivity index (χ1n) is 25.1. The van der Waals surface area contributed by atoms with Crippen molar-refractivity contribution in [1.82, 2.24) is 46.0 Å². The summed E-state index contributed by atoms with van der Waals surface area (Å²) < 4.78 is 155. The zero-order valence-corrected chi connectivity index (χ0v) is 44.8. The summed E-state index contributed by atoms with van der Waals surface area (Å²) in [6.45, 7) is 2.99. The van der Waals surface area contributed by atoms with Crippen LogP contribution in [0.2, 0.25) is 0 Å². The lowest BCUT2D eigenvalue weighted by molar-refractivity contribution is -0.221. The topological polar surface area (TPSA) is 196 Å². The van der Waals surface area contributed by atoms with E-state index in [0.29, 0.717) is 74.1 Å². The average Bonchev–Trinajstić information content (AvgIpc) is 3.99. The number of hydrogen-bond donors (Lipinski definition) is 5. The molecule has 27 heteroatoms. The smallest absolute Gasteiger partial charge is 0.407 e. The predicted octanol–water partition coefficient (Wildman–Crippen LogP) is 7.63. The maximum Gasteiger partial charge on any atom is 0.407 e. The number of benzene rings is 2. The highest BCUT2D eigenvalue weighted by atomic mass is 19.4. The van der Waals surface area contributed by atoms with Crippen LogP contribution in [0.1, 0.15) is 83.2 Å². The molecule has 4 amide bonds. The molecule has 2 aliphatic rings. The molecular formula is C53H62F10N10O7. The number of methoxy groups -OCH3 is 2. The third-order valence-corrected chi connectivity index (χ3v) is 14.4. The Morgan fingerprint density at radius 3 is 1.76 bits per heavy atom. The molecule has 2 aliphatic heterocycles.